The smallest absolute Gasteiger partial charge is 0.381 e. The Morgan fingerprint density at radius 1 is 1.50 bits per heavy atom. The summed E-state index contributed by atoms with van der Waals surface area (Å²) in [4.78, 5) is 9.99. The Labute approximate surface area is 58.3 Å². The molecule has 0 aromatic heterocycles. The van der Waals surface area contributed by atoms with Gasteiger partial charge in [0.25, 0.3) is 0 Å². The maximum atomic E-state index is 9.99. The maximum Gasteiger partial charge on any atom is 0.381 e. The standard InChI is InChI=1S/C5H11NO4/c1-3(2)6-5(9,10)4(7)8/h3,6,9-10H,1-2H3,(H,7,8). The monoisotopic (exact) mass is 149 g/mol. The molecule has 0 spiro atoms. The van der Waals surface area contributed by atoms with Gasteiger partial charge < -0.3 is 15.3 Å². The first-order valence-corrected chi connectivity index (χ1v) is 2.82. The molecule has 0 rings (SSSR count). The fourth-order valence-electron chi connectivity index (χ4n) is 0.464. The van der Waals surface area contributed by atoms with Gasteiger partial charge in [-0.15, -0.1) is 0 Å². The molecular weight excluding hydrogens is 138 g/mol. The van der Waals surface area contributed by atoms with Crippen molar-refractivity contribution in [3.63, 3.8) is 0 Å². The zero-order chi connectivity index (χ0) is 8.36. The van der Waals surface area contributed by atoms with E-state index >= 15 is 0 Å². The predicted molar refractivity (Wildman–Crippen MR) is 33.1 cm³/mol. The van der Waals surface area contributed by atoms with Gasteiger partial charge >= 0.3 is 11.9 Å². The van der Waals surface area contributed by atoms with Crippen LogP contribution in [0.25, 0.3) is 0 Å². The Kier molecular flexibility index (Phi) is 2.77. The molecule has 5 heteroatoms. The van der Waals surface area contributed by atoms with E-state index in [0.717, 1.165) is 0 Å². The van der Waals surface area contributed by atoms with Gasteiger partial charge in [-0.25, -0.2) is 4.79 Å². The molecule has 5 nitrogen and oxygen atoms in total. The minimum absolute atomic E-state index is 0.300. The van der Waals surface area contributed by atoms with Crippen LogP contribution in [-0.4, -0.2) is 33.2 Å². The molecule has 0 aromatic carbocycles. The second-order valence-electron chi connectivity index (χ2n) is 2.28. The highest BCUT2D eigenvalue weighted by Gasteiger charge is 2.33. The molecule has 10 heavy (non-hydrogen) atoms. The van der Waals surface area contributed by atoms with Gasteiger partial charge in [-0.2, -0.15) is 0 Å². The van der Waals surface area contributed by atoms with Gasteiger partial charge in [0.15, 0.2) is 0 Å². The van der Waals surface area contributed by atoms with E-state index in [1.165, 1.54) is 0 Å². The zero-order valence-electron chi connectivity index (χ0n) is 5.83. The molecule has 0 atom stereocenters. The number of nitrogens with one attached hydrogen (secondary N) is 1. The Morgan fingerprint density at radius 2 is 1.90 bits per heavy atom. The number of hydrogen-bond acceptors (Lipinski definition) is 4. The molecular formula is C5H11NO4. The lowest BCUT2D eigenvalue weighted by atomic mass is 10.3. The molecule has 60 valence electrons. The minimum atomic E-state index is -2.81. The lowest BCUT2D eigenvalue weighted by Crippen LogP contribution is -2.54. The number of carboxylic acid groups (broad SMARTS) is 1. The van der Waals surface area contributed by atoms with Crippen LogP contribution in [0.3, 0.4) is 0 Å². The fraction of sp³-hybridized carbons (Fsp3) is 0.800. The molecule has 0 saturated carbocycles. The molecule has 0 fully saturated rings. The van der Waals surface area contributed by atoms with Crippen LogP contribution in [0.5, 0.6) is 0 Å². The molecule has 0 bridgehead atoms. The summed E-state index contributed by atoms with van der Waals surface area (Å²) in [7, 11) is 0. The van der Waals surface area contributed by atoms with Gasteiger partial charge in [0.1, 0.15) is 0 Å². The van der Waals surface area contributed by atoms with Gasteiger partial charge in [0.2, 0.25) is 0 Å². The second kappa shape index (κ2) is 2.96. The van der Waals surface area contributed by atoms with E-state index in [9.17, 15) is 4.79 Å². The quantitative estimate of drug-likeness (QED) is 0.375. The third kappa shape index (κ3) is 2.77. The van der Waals surface area contributed by atoms with Crippen molar-refractivity contribution in [2.45, 2.75) is 25.8 Å². The van der Waals surface area contributed by atoms with Crippen molar-refractivity contribution in [2.75, 3.05) is 0 Å². The Balaban J connectivity index is 4.00. The topological polar surface area (TPSA) is 89.8 Å². The number of rotatable bonds is 3. The van der Waals surface area contributed by atoms with Crippen LogP contribution in [0, 0.1) is 0 Å². The van der Waals surface area contributed by atoms with Crippen molar-refractivity contribution in [3.05, 3.63) is 0 Å². The van der Waals surface area contributed by atoms with Crippen LogP contribution in [0.1, 0.15) is 13.8 Å². The highest BCUT2D eigenvalue weighted by atomic mass is 16.6. The largest absolute Gasteiger partial charge is 0.476 e. The van der Waals surface area contributed by atoms with Gasteiger partial charge in [0.05, 0.1) is 0 Å². The van der Waals surface area contributed by atoms with Gasteiger partial charge in [-0.05, 0) is 13.8 Å². The van der Waals surface area contributed by atoms with E-state index in [2.05, 4.69) is 0 Å². The molecule has 0 aliphatic heterocycles. The molecule has 0 aliphatic carbocycles. The number of aliphatic carboxylic acids is 1. The van der Waals surface area contributed by atoms with Crippen LogP contribution in [0.15, 0.2) is 0 Å². The summed E-state index contributed by atoms with van der Waals surface area (Å²) in [5.74, 6) is -4.52. The van der Waals surface area contributed by atoms with Crippen molar-refractivity contribution in [1.82, 2.24) is 5.32 Å². The van der Waals surface area contributed by atoms with Gasteiger partial charge in [-0.1, -0.05) is 0 Å². The zero-order valence-corrected chi connectivity index (χ0v) is 5.83. The molecule has 0 radical (unpaired) electrons. The molecule has 0 aliphatic rings. The van der Waals surface area contributed by atoms with E-state index in [0.29, 0.717) is 0 Å². The van der Waals surface area contributed by atoms with E-state index in [4.69, 9.17) is 15.3 Å². The van der Waals surface area contributed by atoms with E-state index in [1.807, 2.05) is 5.32 Å². The predicted octanol–water partition coefficient (Wildman–Crippen LogP) is -1.29. The van der Waals surface area contributed by atoms with E-state index < -0.39 is 11.9 Å². The lowest BCUT2D eigenvalue weighted by Gasteiger charge is -2.19. The lowest BCUT2D eigenvalue weighted by molar-refractivity contribution is -0.217. The number of carboxylic acids is 1. The SMILES string of the molecule is CC(C)NC(O)(O)C(=O)O. The summed E-state index contributed by atoms with van der Waals surface area (Å²) >= 11 is 0. The third-order valence-corrected chi connectivity index (χ3v) is 0.788. The van der Waals surface area contributed by atoms with Crippen molar-refractivity contribution in [3.8, 4) is 0 Å². The molecule has 0 amide bonds. The molecule has 0 saturated heterocycles. The fourth-order valence-corrected chi connectivity index (χ4v) is 0.464. The molecule has 0 aromatic rings. The maximum absolute atomic E-state index is 9.99. The van der Waals surface area contributed by atoms with Gasteiger partial charge in [-0.3, -0.25) is 5.32 Å². The van der Waals surface area contributed by atoms with Crippen LogP contribution >= 0.6 is 0 Å². The van der Waals surface area contributed by atoms with Crippen molar-refractivity contribution >= 4 is 5.97 Å². The first kappa shape index (κ1) is 9.35. The number of carbonyl (C=O) groups is 1. The Bertz CT molecular complexity index is 132. The Hall–Kier alpha value is -0.650. The molecule has 0 heterocycles. The van der Waals surface area contributed by atoms with Crippen molar-refractivity contribution < 1.29 is 20.1 Å². The van der Waals surface area contributed by atoms with Crippen LogP contribution in [-0.2, 0) is 4.79 Å². The second-order valence-corrected chi connectivity index (χ2v) is 2.28. The number of aliphatic hydroxyl groups is 2. The van der Waals surface area contributed by atoms with Gasteiger partial charge in [0, 0.05) is 6.04 Å². The molecule has 4 N–H and O–H groups in total. The summed E-state index contributed by atoms with van der Waals surface area (Å²) in [6.45, 7) is 3.20. The first-order chi connectivity index (χ1) is 4.36. The van der Waals surface area contributed by atoms with Crippen molar-refractivity contribution in [2.24, 2.45) is 0 Å². The van der Waals surface area contributed by atoms with Crippen LogP contribution in [0.2, 0.25) is 0 Å². The highest BCUT2D eigenvalue weighted by Crippen LogP contribution is 1.95. The van der Waals surface area contributed by atoms with Crippen molar-refractivity contribution in [1.29, 1.82) is 0 Å². The van der Waals surface area contributed by atoms with Crippen LogP contribution < -0.4 is 5.32 Å². The summed E-state index contributed by atoms with van der Waals surface area (Å²) in [6, 6.07) is -0.300. The normalized spacial score (nSPS) is 12.1. The average Bonchev–Trinajstić information content (AvgIpc) is 1.60. The Morgan fingerprint density at radius 3 is 2.00 bits per heavy atom. The van der Waals surface area contributed by atoms with Crippen LogP contribution in [0.4, 0.5) is 0 Å². The first-order valence-electron chi connectivity index (χ1n) is 2.82. The third-order valence-electron chi connectivity index (χ3n) is 0.788. The summed E-state index contributed by atoms with van der Waals surface area (Å²) in [5, 5.41) is 27.4. The summed E-state index contributed by atoms with van der Waals surface area (Å²) in [5.41, 5.74) is 0. The van der Waals surface area contributed by atoms with E-state index in [1.54, 1.807) is 13.8 Å². The summed E-state index contributed by atoms with van der Waals surface area (Å²) in [6.07, 6.45) is 0. The summed E-state index contributed by atoms with van der Waals surface area (Å²) < 4.78 is 0. The average molecular weight is 149 g/mol. The number of hydrogen-bond donors (Lipinski definition) is 4. The molecule has 0 unspecified atom stereocenters. The van der Waals surface area contributed by atoms with E-state index in [-0.39, 0.29) is 6.04 Å². The minimum Gasteiger partial charge on any atom is -0.476 e. The highest BCUT2D eigenvalue weighted by molar-refractivity contribution is 5.74.